The lowest BCUT2D eigenvalue weighted by Gasteiger charge is -2.25. The molecular formula is C18H18N2O2. The second-order valence-corrected chi connectivity index (χ2v) is 5.65. The standard InChI is InChI=1S/C18H18N2O2/c1-11-6-5-7-12(2)17(11)20-18(22)14-10-16(21)19-15-9-4-3-8-13(14)15/h3-9,14H,10H2,1-2H3,(H,19,21)(H,20,22). The molecule has 4 nitrogen and oxygen atoms in total. The third-order valence-electron chi connectivity index (χ3n) is 4.05. The normalized spacial score (nSPS) is 16.6. The topological polar surface area (TPSA) is 58.2 Å². The minimum absolute atomic E-state index is 0.125. The molecule has 2 aromatic rings. The maximum absolute atomic E-state index is 12.7. The van der Waals surface area contributed by atoms with Crippen molar-refractivity contribution < 1.29 is 9.59 Å². The number of hydrogen-bond acceptors (Lipinski definition) is 2. The minimum atomic E-state index is -0.455. The van der Waals surface area contributed by atoms with Crippen molar-refractivity contribution in [3.63, 3.8) is 0 Å². The molecule has 22 heavy (non-hydrogen) atoms. The van der Waals surface area contributed by atoms with Gasteiger partial charge in [-0.2, -0.15) is 0 Å². The van der Waals surface area contributed by atoms with E-state index in [0.717, 1.165) is 28.1 Å². The van der Waals surface area contributed by atoms with Gasteiger partial charge in [-0.3, -0.25) is 9.59 Å². The second kappa shape index (κ2) is 5.64. The number of fused-ring (bicyclic) bond motifs is 1. The van der Waals surface area contributed by atoms with Gasteiger partial charge in [0.25, 0.3) is 0 Å². The number of benzene rings is 2. The zero-order valence-electron chi connectivity index (χ0n) is 12.6. The van der Waals surface area contributed by atoms with E-state index in [9.17, 15) is 9.59 Å². The fourth-order valence-corrected chi connectivity index (χ4v) is 2.87. The van der Waals surface area contributed by atoms with E-state index in [1.807, 2.05) is 56.3 Å². The molecule has 1 aliphatic heterocycles. The highest BCUT2D eigenvalue weighted by Gasteiger charge is 2.30. The lowest BCUT2D eigenvalue weighted by atomic mass is 9.89. The molecule has 0 spiro atoms. The molecule has 1 atom stereocenters. The summed E-state index contributed by atoms with van der Waals surface area (Å²) in [6.07, 6.45) is 0.174. The Balaban J connectivity index is 1.91. The van der Waals surface area contributed by atoms with Crippen molar-refractivity contribution in [1.29, 1.82) is 0 Å². The Hall–Kier alpha value is -2.62. The molecule has 1 aliphatic rings. The number of nitrogens with one attached hydrogen (secondary N) is 2. The quantitative estimate of drug-likeness (QED) is 0.892. The van der Waals surface area contributed by atoms with E-state index >= 15 is 0 Å². The van der Waals surface area contributed by atoms with Crippen molar-refractivity contribution in [2.45, 2.75) is 26.2 Å². The molecule has 0 saturated heterocycles. The van der Waals surface area contributed by atoms with E-state index in [1.165, 1.54) is 0 Å². The molecule has 0 saturated carbocycles. The van der Waals surface area contributed by atoms with Crippen LogP contribution in [-0.2, 0) is 9.59 Å². The molecule has 2 N–H and O–H groups in total. The summed E-state index contributed by atoms with van der Waals surface area (Å²) < 4.78 is 0. The fraction of sp³-hybridized carbons (Fsp3) is 0.222. The third-order valence-corrected chi connectivity index (χ3v) is 4.05. The van der Waals surface area contributed by atoms with E-state index in [2.05, 4.69) is 10.6 Å². The first-order valence-electron chi connectivity index (χ1n) is 7.32. The van der Waals surface area contributed by atoms with Crippen LogP contribution in [0.5, 0.6) is 0 Å². The van der Waals surface area contributed by atoms with Gasteiger partial charge in [0.1, 0.15) is 0 Å². The maximum atomic E-state index is 12.7. The van der Waals surface area contributed by atoms with Crippen LogP contribution in [-0.4, -0.2) is 11.8 Å². The number of aryl methyl sites for hydroxylation is 2. The van der Waals surface area contributed by atoms with Crippen LogP contribution in [0.2, 0.25) is 0 Å². The van der Waals surface area contributed by atoms with Gasteiger partial charge in [0, 0.05) is 17.8 Å². The molecule has 112 valence electrons. The predicted molar refractivity (Wildman–Crippen MR) is 87.0 cm³/mol. The number of amides is 2. The first-order chi connectivity index (χ1) is 10.6. The van der Waals surface area contributed by atoms with Crippen LogP contribution in [0.15, 0.2) is 42.5 Å². The molecule has 2 aromatic carbocycles. The van der Waals surface area contributed by atoms with Crippen LogP contribution in [0.1, 0.15) is 29.0 Å². The summed E-state index contributed by atoms with van der Waals surface area (Å²) in [7, 11) is 0. The van der Waals surface area contributed by atoms with Gasteiger partial charge in [0.05, 0.1) is 5.92 Å². The first kappa shape index (κ1) is 14.3. The van der Waals surface area contributed by atoms with Crippen LogP contribution in [0.25, 0.3) is 0 Å². The Bertz CT molecular complexity index is 732. The molecular weight excluding hydrogens is 276 g/mol. The zero-order valence-corrected chi connectivity index (χ0v) is 12.6. The molecule has 0 bridgehead atoms. The summed E-state index contributed by atoms with van der Waals surface area (Å²) in [6.45, 7) is 3.92. The van der Waals surface area contributed by atoms with Crippen molar-refractivity contribution in [3.05, 3.63) is 59.2 Å². The Labute approximate surface area is 129 Å². The smallest absolute Gasteiger partial charge is 0.232 e. The largest absolute Gasteiger partial charge is 0.326 e. The van der Waals surface area contributed by atoms with E-state index < -0.39 is 5.92 Å². The number of hydrogen-bond donors (Lipinski definition) is 2. The molecule has 0 aromatic heterocycles. The van der Waals surface area contributed by atoms with Crippen molar-refractivity contribution >= 4 is 23.2 Å². The molecule has 3 rings (SSSR count). The lowest BCUT2D eigenvalue weighted by Crippen LogP contribution is -2.31. The molecule has 0 fully saturated rings. The van der Waals surface area contributed by atoms with Gasteiger partial charge in [-0.1, -0.05) is 36.4 Å². The predicted octanol–water partition coefficient (Wildman–Crippen LogP) is 3.37. The Kier molecular flexibility index (Phi) is 3.67. The van der Waals surface area contributed by atoms with Crippen LogP contribution >= 0.6 is 0 Å². The SMILES string of the molecule is Cc1cccc(C)c1NC(=O)C1CC(=O)Nc2ccccc21. The van der Waals surface area contributed by atoms with Crippen LogP contribution < -0.4 is 10.6 Å². The highest BCUT2D eigenvalue weighted by atomic mass is 16.2. The van der Waals surface area contributed by atoms with Gasteiger partial charge < -0.3 is 10.6 Å². The summed E-state index contributed by atoms with van der Waals surface area (Å²) in [5, 5.41) is 5.80. The lowest BCUT2D eigenvalue weighted by molar-refractivity contribution is -0.123. The monoisotopic (exact) mass is 294 g/mol. The molecule has 1 unspecified atom stereocenters. The van der Waals surface area contributed by atoms with Gasteiger partial charge in [-0.05, 0) is 36.6 Å². The van der Waals surface area contributed by atoms with Crippen molar-refractivity contribution in [3.8, 4) is 0 Å². The van der Waals surface area contributed by atoms with Gasteiger partial charge in [0.15, 0.2) is 0 Å². The average molecular weight is 294 g/mol. The van der Waals surface area contributed by atoms with Gasteiger partial charge in [0.2, 0.25) is 11.8 Å². The van der Waals surface area contributed by atoms with Crippen LogP contribution in [0.3, 0.4) is 0 Å². The van der Waals surface area contributed by atoms with Crippen LogP contribution in [0.4, 0.5) is 11.4 Å². The fourth-order valence-electron chi connectivity index (χ4n) is 2.87. The number of para-hydroxylation sites is 2. The van der Waals surface area contributed by atoms with Crippen molar-refractivity contribution in [1.82, 2.24) is 0 Å². The number of rotatable bonds is 2. The van der Waals surface area contributed by atoms with E-state index in [4.69, 9.17) is 0 Å². The van der Waals surface area contributed by atoms with Gasteiger partial charge in [-0.25, -0.2) is 0 Å². The Morgan fingerprint density at radius 3 is 2.50 bits per heavy atom. The van der Waals surface area contributed by atoms with Crippen molar-refractivity contribution in [2.24, 2.45) is 0 Å². The molecule has 1 heterocycles. The average Bonchev–Trinajstić information content (AvgIpc) is 2.50. The third kappa shape index (κ3) is 2.60. The Morgan fingerprint density at radius 2 is 1.77 bits per heavy atom. The number of anilines is 2. The second-order valence-electron chi connectivity index (χ2n) is 5.65. The summed E-state index contributed by atoms with van der Waals surface area (Å²) in [6, 6.07) is 13.3. The number of carbonyl (C=O) groups excluding carboxylic acids is 2. The summed E-state index contributed by atoms with van der Waals surface area (Å²) in [5.74, 6) is -0.719. The molecule has 4 heteroatoms. The summed E-state index contributed by atoms with van der Waals surface area (Å²) >= 11 is 0. The van der Waals surface area contributed by atoms with E-state index in [-0.39, 0.29) is 18.2 Å². The van der Waals surface area contributed by atoms with Crippen molar-refractivity contribution in [2.75, 3.05) is 10.6 Å². The molecule has 2 amide bonds. The van der Waals surface area contributed by atoms with Crippen LogP contribution in [0, 0.1) is 13.8 Å². The summed E-state index contributed by atoms with van der Waals surface area (Å²) in [5.41, 5.74) is 4.45. The van der Waals surface area contributed by atoms with Gasteiger partial charge >= 0.3 is 0 Å². The molecule has 0 aliphatic carbocycles. The maximum Gasteiger partial charge on any atom is 0.232 e. The van der Waals surface area contributed by atoms with E-state index in [1.54, 1.807) is 0 Å². The summed E-state index contributed by atoms with van der Waals surface area (Å²) in [4.78, 5) is 24.5. The highest BCUT2D eigenvalue weighted by Crippen LogP contribution is 2.33. The first-order valence-corrected chi connectivity index (χ1v) is 7.32. The zero-order chi connectivity index (χ0) is 15.7. The molecule has 0 radical (unpaired) electrons. The van der Waals surface area contributed by atoms with Gasteiger partial charge in [-0.15, -0.1) is 0 Å². The minimum Gasteiger partial charge on any atom is -0.326 e. The Morgan fingerprint density at radius 1 is 1.09 bits per heavy atom. The highest BCUT2D eigenvalue weighted by molar-refractivity contribution is 6.05. The number of carbonyl (C=O) groups is 2. The van der Waals surface area contributed by atoms with E-state index in [0.29, 0.717) is 0 Å².